The van der Waals surface area contributed by atoms with Crippen LogP contribution in [-0.2, 0) is 6.54 Å². The molecule has 0 aliphatic carbocycles. The third-order valence-corrected chi connectivity index (χ3v) is 2.69. The summed E-state index contributed by atoms with van der Waals surface area (Å²) in [5, 5.41) is 21.8. The van der Waals surface area contributed by atoms with E-state index in [1.54, 1.807) is 24.3 Å². The largest absolute Gasteiger partial charge is 0.504 e. The summed E-state index contributed by atoms with van der Waals surface area (Å²) >= 11 is 0. The third kappa shape index (κ3) is 2.53. The van der Waals surface area contributed by atoms with Crippen molar-refractivity contribution in [2.45, 2.75) is 13.5 Å². The maximum atomic E-state index is 13.6. The van der Waals surface area contributed by atoms with Crippen LogP contribution in [0.25, 0.3) is 0 Å². The summed E-state index contributed by atoms with van der Waals surface area (Å²) in [6.45, 7) is 2.05. The molecule has 0 aliphatic heterocycles. The van der Waals surface area contributed by atoms with E-state index in [4.69, 9.17) is 0 Å². The van der Waals surface area contributed by atoms with Crippen molar-refractivity contribution in [1.82, 2.24) is 0 Å². The zero-order chi connectivity index (χ0) is 13.1. The second-order valence-corrected chi connectivity index (χ2v) is 4.12. The van der Waals surface area contributed by atoms with E-state index < -0.39 is 0 Å². The molecule has 4 heteroatoms. The molecule has 2 aromatic rings. The number of anilines is 1. The molecule has 0 saturated heterocycles. The molecule has 2 aromatic carbocycles. The Balaban J connectivity index is 2.14. The molecule has 0 aromatic heterocycles. The summed E-state index contributed by atoms with van der Waals surface area (Å²) < 4.78 is 13.6. The summed E-state index contributed by atoms with van der Waals surface area (Å²) in [6, 6.07) is 9.56. The summed E-state index contributed by atoms with van der Waals surface area (Å²) in [6.07, 6.45) is 0. The number of hydrogen-bond acceptors (Lipinski definition) is 3. The van der Waals surface area contributed by atoms with Crippen LogP contribution in [-0.4, -0.2) is 10.2 Å². The second-order valence-electron chi connectivity index (χ2n) is 4.12. The molecule has 0 fully saturated rings. The van der Waals surface area contributed by atoms with Gasteiger partial charge in [-0.3, -0.25) is 0 Å². The number of phenols is 2. The highest BCUT2D eigenvalue weighted by Crippen LogP contribution is 2.29. The molecule has 94 valence electrons. The van der Waals surface area contributed by atoms with Gasteiger partial charge < -0.3 is 15.5 Å². The van der Waals surface area contributed by atoms with Crippen LogP contribution in [0.5, 0.6) is 11.5 Å². The lowest BCUT2D eigenvalue weighted by Gasteiger charge is -2.10. The quantitative estimate of drug-likeness (QED) is 0.730. The van der Waals surface area contributed by atoms with Crippen molar-refractivity contribution in [2.24, 2.45) is 0 Å². The number of aromatic hydroxyl groups is 2. The minimum Gasteiger partial charge on any atom is -0.504 e. The summed E-state index contributed by atoms with van der Waals surface area (Å²) in [5.74, 6) is -0.703. The highest BCUT2D eigenvalue weighted by atomic mass is 19.1. The standard InChI is InChI=1S/C14H14FNO2/c1-9-5-6-12(11(15)7-9)16-8-10-3-2-4-13(17)14(10)18/h2-7,16-18H,8H2,1H3. The predicted octanol–water partition coefficient (Wildman–Crippen LogP) is 3.16. The number of benzene rings is 2. The van der Waals surface area contributed by atoms with Gasteiger partial charge in [0.1, 0.15) is 5.82 Å². The Morgan fingerprint density at radius 3 is 2.67 bits per heavy atom. The molecule has 0 spiro atoms. The van der Waals surface area contributed by atoms with E-state index in [1.165, 1.54) is 12.1 Å². The van der Waals surface area contributed by atoms with Gasteiger partial charge in [-0.2, -0.15) is 0 Å². The van der Waals surface area contributed by atoms with Gasteiger partial charge in [0.15, 0.2) is 11.5 Å². The lowest BCUT2D eigenvalue weighted by molar-refractivity contribution is 0.400. The van der Waals surface area contributed by atoms with Gasteiger partial charge in [0.05, 0.1) is 5.69 Å². The van der Waals surface area contributed by atoms with Crippen LogP contribution in [0, 0.1) is 12.7 Å². The van der Waals surface area contributed by atoms with Crippen molar-refractivity contribution in [3.8, 4) is 11.5 Å². The molecule has 3 N–H and O–H groups in total. The summed E-state index contributed by atoms with van der Waals surface area (Å²) in [5.41, 5.74) is 1.72. The van der Waals surface area contributed by atoms with Gasteiger partial charge in [-0.05, 0) is 30.7 Å². The van der Waals surface area contributed by atoms with Crippen LogP contribution in [0.3, 0.4) is 0 Å². The van der Waals surface area contributed by atoms with Gasteiger partial charge in [-0.25, -0.2) is 4.39 Å². The SMILES string of the molecule is Cc1ccc(NCc2cccc(O)c2O)c(F)c1. The molecule has 0 saturated carbocycles. The van der Waals surface area contributed by atoms with E-state index in [0.29, 0.717) is 11.3 Å². The zero-order valence-electron chi connectivity index (χ0n) is 9.94. The van der Waals surface area contributed by atoms with Crippen molar-refractivity contribution in [1.29, 1.82) is 0 Å². The normalized spacial score (nSPS) is 10.3. The van der Waals surface area contributed by atoms with Crippen molar-refractivity contribution in [3.05, 3.63) is 53.3 Å². The molecule has 2 rings (SSSR count). The van der Waals surface area contributed by atoms with E-state index in [-0.39, 0.29) is 23.9 Å². The highest BCUT2D eigenvalue weighted by Gasteiger charge is 2.07. The fraction of sp³-hybridized carbons (Fsp3) is 0.143. The Kier molecular flexibility index (Phi) is 3.37. The van der Waals surface area contributed by atoms with Gasteiger partial charge in [0.25, 0.3) is 0 Å². The summed E-state index contributed by atoms with van der Waals surface area (Å²) in [7, 11) is 0. The molecule has 0 unspecified atom stereocenters. The van der Waals surface area contributed by atoms with Crippen LogP contribution < -0.4 is 5.32 Å². The molecular formula is C14H14FNO2. The van der Waals surface area contributed by atoms with Gasteiger partial charge in [0.2, 0.25) is 0 Å². The minimum absolute atomic E-state index is 0.182. The maximum absolute atomic E-state index is 13.6. The first-order chi connectivity index (χ1) is 8.58. The van der Waals surface area contributed by atoms with Crippen molar-refractivity contribution in [3.63, 3.8) is 0 Å². The van der Waals surface area contributed by atoms with Gasteiger partial charge in [-0.1, -0.05) is 18.2 Å². The molecule has 0 bridgehead atoms. The lowest BCUT2D eigenvalue weighted by Crippen LogP contribution is -2.01. The average molecular weight is 247 g/mol. The second kappa shape index (κ2) is 4.96. The van der Waals surface area contributed by atoms with Gasteiger partial charge in [-0.15, -0.1) is 0 Å². The molecule has 3 nitrogen and oxygen atoms in total. The first kappa shape index (κ1) is 12.2. The van der Waals surface area contributed by atoms with E-state index in [9.17, 15) is 14.6 Å². The van der Waals surface area contributed by atoms with Crippen LogP contribution in [0.4, 0.5) is 10.1 Å². The topological polar surface area (TPSA) is 52.5 Å². The Labute approximate surface area is 105 Å². The van der Waals surface area contributed by atoms with Gasteiger partial charge in [0, 0.05) is 12.1 Å². The van der Waals surface area contributed by atoms with E-state index in [0.717, 1.165) is 5.56 Å². The Bertz CT molecular complexity index is 570. The number of aryl methyl sites for hydroxylation is 1. The summed E-state index contributed by atoms with van der Waals surface area (Å²) in [4.78, 5) is 0. The number of hydrogen-bond donors (Lipinski definition) is 3. The maximum Gasteiger partial charge on any atom is 0.162 e. The van der Waals surface area contributed by atoms with Gasteiger partial charge >= 0.3 is 0 Å². The first-order valence-corrected chi connectivity index (χ1v) is 5.58. The van der Waals surface area contributed by atoms with Crippen LogP contribution in [0.1, 0.15) is 11.1 Å². The fourth-order valence-corrected chi connectivity index (χ4v) is 1.67. The molecule has 0 heterocycles. The number of para-hydroxylation sites is 1. The molecule has 0 amide bonds. The van der Waals surface area contributed by atoms with Crippen LogP contribution >= 0.6 is 0 Å². The van der Waals surface area contributed by atoms with Crippen molar-refractivity contribution < 1.29 is 14.6 Å². The molecule has 18 heavy (non-hydrogen) atoms. The Morgan fingerprint density at radius 2 is 1.94 bits per heavy atom. The van der Waals surface area contributed by atoms with E-state index in [2.05, 4.69) is 5.32 Å². The van der Waals surface area contributed by atoms with Crippen molar-refractivity contribution >= 4 is 5.69 Å². The Morgan fingerprint density at radius 1 is 1.17 bits per heavy atom. The predicted molar refractivity (Wildman–Crippen MR) is 68.2 cm³/mol. The number of rotatable bonds is 3. The third-order valence-electron chi connectivity index (χ3n) is 2.69. The molecule has 0 aliphatic rings. The molecular weight excluding hydrogens is 233 g/mol. The van der Waals surface area contributed by atoms with Crippen LogP contribution in [0.2, 0.25) is 0 Å². The van der Waals surface area contributed by atoms with Crippen molar-refractivity contribution in [2.75, 3.05) is 5.32 Å². The monoisotopic (exact) mass is 247 g/mol. The molecule has 0 radical (unpaired) electrons. The fourth-order valence-electron chi connectivity index (χ4n) is 1.67. The number of phenolic OH excluding ortho intramolecular Hbond substituents is 2. The smallest absolute Gasteiger partial charge is 0.162 e. The van der Waals surface area contributed by atoms with E-state index >= 15 is 0 Å². The minimum atomic E-state index is -0.338. The highest BCUT2D eigenvalue weighted by molar-refractivity contribution is 5.50. The van der Waals surface area contributed by atoms with Crippen LogP contribution in [0.15, 0.2) is 36.4 Å². The number of nitrogens with one attached hydrogen (secondary N) is 1. The Hall–Kier alpha value is -2.23. The average Bonchev–Trinajstić information content (AvgIpc) is 2.33. The number of halogens is 1. The first-order valence-electron chi connectivity index (χ1n) is 5.58. The van der Waals surface area contributed by atoms with E-state index in [1.807, 2.05) is 6.92 Å². The molecule has 0 atom stereocenters. The zero-order valence-corrected chi connectivity index (χ0v) is 9.94. The lowest BCUT2D eigenvalue weighted by atomic mass is 10.1.